The van der Waals surface area contributed by atoms with Crippen molar-refractivity contribution in [2.24, 2.45) is 10.7 Å². The number of amides is 1. The molecule has 0 saturated carbocycles. The molecule has 146 valence electrons. The number of carbonyl (C=O) groups is 1. The SMILES string of the molecule is CCNC(=NCc1ccc(C(N)=O)o1)NC1CCN(Cc2ccsc2)CC1. The molecule has 27 heavy (non-hydrogen) atoms. The Kier molecular flexibility index (Phi) is 6.89. The number of furan rings is 1. The first-order valence-electron chi connectivity index (χ1n) is 9.31. The van der Waals surface area contributed by atoms with Crippen LogP contribution in [0.5, 0.6) is 0 Å². The van der Waals surface area contributed by atoms with Gasteiger partial charge >= 0.3 is 0 Å². The van der Waals surface area contributed by atoms with E-state index in [0.717, 1.165) is 45.0 Å². The van der Waals surface area contributed by atoms with E-state index in [1.54, 1.807) is 23.5 Å². The van der Waals surface area contributed by atoms with Crippen LogP contribution in [0.15, 0.2) is 38.4 Å². The molecule has 8 heteroatoms. The fourth-order valence-electron chi connectivity index (χ4n) is 3.14. The zero-order chi connectivity index (χ0) is 19.1. The van der Waals surface area contributed by atoms with Crippen LogP contribution in [0.2, 0.25) is 0 Å². The summed E-state index contributed by atoms with van der Waals surface area (Å²) in [6.45, 7) is 6.37. The van der Waals surface area contributed by atoms with E-state index in [2.05, 4.69) is 37.4 Å². The fourth-order valence-corrected chi connectivity index (χ4v) is 3.80. The molecule has 7 nitrogen and oxygen atoms in total. The topological polar surface area (TPSA) is 95.9 Å². The van der Waals surface area contributed by atoms with Gasteiger partial charge in [0.05, 0.1) is 0 Å². The van der Waals surface area contributed by atoms with E-state index in [4.69, 9.17) is 10.2 Å². The molecule has 1 saturated heterocycles. The monoisotopic (exact) mass is 389 g/mol. The minimum atomic E-state index is -0.565. The molecular weight excluding hydrogens is 362 g/mol. The third-order valence-corrected chi connectivity index (χ3v) is 5.29. The molecular formula is C19H27N5O2S. The van der Waals surface area contributed by atoms with Gasteiger partial charge in [0, 0.05) is 32.2 Å². The number of guanidine groups is 1. The number of carbonyl (C=O) groups excluding carboxylic acids is 1. The van der Waals surface area contributed by atoms with Gasteiger partial charge in [-0.1, -0.05) is 0 Å². The Hall–Kier alpha value is -2.32. The lowest BCUT2D eigenvalue weighted by molar-refractivity contribution is 0.0972. The normalized spacial score (nSPS) is 16.4. The Morgan fingerprint density at radius 2 is 2.19 bits per heavy atom. The molecule has 0 aliphatic carbocycles. The molecule has 1 aliphatic rings. The van der Waals surface area contributed by atoms with Crippen LogP contribution >= 0.6 is 11.3 Å². The largest absolute Gasteiger partial charge is 0.454 e. The highest BCUT2D eigenvalue weighted by Crippen LogP contribution is 2.15. The first-order valence-corrected chi connectivity index (χ1v) is 10.2. The summed E-state index contributed by atoms with van der Waals surface area (Å²) in [7, 11) is 0. The second-order valence-electron chi connectivity index (χ2n) is 6.65. The molecule has 1 fully saturated rings. The second kappa shape index (κ2) is 9.57. The van der Waals surface area contributed by atoms with Crippen molar-refractivity contribution in [3.8, 4) is 0 Å². The van der Waals surface area contributed by atoms with Gasteiger partial charge in [0.25, 0.3) is 5.91 Å². The first kappa shape index (κ1) is 19.4. The summed E-state index contributed by atoms with van der Waals surface area (Å²) in [5.74, 6) is 0.984. The number of nitrogens with two attached hydrogens (primary N) is 1. The van der Waals surface area contributed by atoms with Crippen molar-refractivity contribution in [3.05, 3.63) is 46.0 Å². The smallest absolute Gasteiger partial charge is 0.284 e. The van der Waals surface area contributed by atoms with Gasteiger partial charge in [-0.3, -0.25) is 9.69 Å². The van der Waals surface area contributed by atoms with E-state index >= 15 is 0 Å². The predicted molar refractivity (Wildman–Crippen MR) is 108 cm³/mol. The van der Waals surface area contributed by atoms with Gasteiger partial charge < -0.3 is 20.8 Å². The number of thiophene rings is 1. The van der Waals surface area contributed by atoms with Crippen molar-refractivity contribution in [2.75, 3.05) is 19.6 Å². The summed E-state index contributed by atoms with van der Waals surface area (Å²) >= 11 is 1.75. The highest BCUT2D eigenvalue weighted by molar-refractivity contribution is 7.07. The van der Waals surface area contributed by atoms with Gasteiger partial charge in [0.15, 0.2) is 11.7 Å². The van der Waals surface area contributed by atoms with Crippen LogP contribution < -0.4 is 16.4 Å². The van der Waals surface area contributed by atoms with Gasteiger partial charge in [0.1, 0.15) is 12.3 Å². The number of nitrogens with one attached hydrogen (secondary N) is 2. The van der Waals surface area contributed by atoms with E-state index in [1.165, 1.54) is 5.56 Å². The van der Waals surface area contributed by atoms with Crippen molar-refractivity contribution < 1.29 is 9.21 Å². The lowest BCUT2D eigenvalue weighted by Gasteiger charge is -2.32. The van der Waals surface area contributed by atoms with E-state index in [1.807, 2.05) is 6.92 Å². The third-order valence-electron chi connectivity index (χ3n) is 4.56. The molecule has 1 aliphatic heterocycles. The molecule has 0 spiro atoms. The van der Waals surface area contributed by atoms with Gasteiger partial charge in [-0.2, -0.15) is 11.3 Å². The Morgan fingerprint density at radius 3 is 2.81 bits per heavy atom. The van der Waals surface area contributed by atoms with E-state index in [0.29, 0.717) is 18.3 Å². The van der Waals surface area contributed by atoms with Crippen LogP contribution in [0.1, 0.15) is 41.6 Å². The standard InChI is InChI=1S/C19H27N5O2S/c1-2-21-19(22-11-16-3-4-17(26-16)18(20)25)23-15-5-8-24(9-6-15)12-14-7-10-27-13-14/h3-4,7,10,13,15H,2,5-6,8-9,11-12H2,1H3,(H2,20,25)(H2,21,22,23). The zero-order valence-corrected chi connectivity index (χ0v) is 16.4. The Morgan fingerprint density at radius 1 is 1.37 bits per heavy atom. The minimum absolute atomic E-state index is 0.163. The average Bonchev–Trinajstić information content (AvgIpc) is 3.33. The maximum absolute atomic E-state index is 11.1. The van der Waals surface area contributed by atoms with Crippen LogP contribution in [0.25, 0.3) is 0 Å². The lowest BCUT2D eigenvalue weighted by Crippen LogP contribution is -2.48. The molecule has 0 unspecified atom stereocenters. The molecule has 1 amide bonds. The summed E-state index contributed by atoms with van der Waals surface area (Å²) in [5, 5.41) is 11.1. The number of likely N-dealkylation sites (tertiary alicyclic amines) is 1. The Bertz CT molecular complexity index is 748. The number of hydrogen-bond donors (Lipinski definition) is 3. The van der Waals surface area contributed by atoms with Gasteiger partial charge in [-0.25, -0.2) is 4.99 Å². The molecule has 0 atom stereocenters. The summed E-state index contributed by atoms with van der Waals surface area (Å²) in [6, 6.07) is 5.91. The third kappa shape index (κ3) is 5.83. The molecule has 0 aromatic carbocycles. The molecule has 3 rings (SSSR count). The van der Waals surface area contributed by atoms with Crippen molar-refractivity contribution in [1.82, 2.24) is 15.5 Å². The molecule has 0 bridgehead atoms. The van der Waals surface area contributed by atoms with E-state index in [9.17, 15) is 4.79 Å². The quantitative estimate of drug-likeness (QED) is 0.498. The first-order chi connectivity index (χ1) is 13.1. The number of hydrogen-bond acceptors (Lipinski definition) is 5. The Balaban J connectivity index is 1.49. The van der Waals surface area contributed by atoms with E-state index in [-0.39, 0.29) is 5.76 Å². The summed E-state index contributed by atoms with van der Waals surface area (Å²) < 4.78 is 5.38. The number of piperidine rings is 1. The highest BCUT2D eigenvalue weighted by atomic mass is 32.1. The van der Waals surface area contributed by atoms with Gasteiger partial charge in [0.2, 0.25) is 0 Å². The second-order valence-corrected chi connectivity index (χ2v) is 7.43. The maximum Gasteiger partial charge on any atom is 0.284 e. The number of primary amides is 1. The molecule has 2 aromatic rings. The van der Waals surface area contributed by atoms with Crippen molar-refractivity contribution in [1.29, 1.82) is 0 Å². The van der Waals surface area contributed by atoms with Crippen LogP contribution in [0.4, 0.5) is 0 Å². The molecule has 4 N–H and O–H groups in total. The van der Waals surface area contributed by atoms with Gasteiger partial charge in [-0.15, -0.1) is 0 Å². The highest BCUT2D eigenvalue weighted by Gasteiger charge is 2.20. The number of aliphatic imine (C=N–C) groups is 1. The minimum Gasteiger partial charge on any atom is -0.454 e. The van der Waals surface area contributed by atoms with E-state index < -0.39 is 5.91 Å². The maximum atomic E-state index is 11.1. The number of nitrogens with zero attached hydrogens (tertiary/aromatic N) is 2. The van der Waals surface area contributed by atoms with Crippen molar-refractivity contribution >= 4 is 23.2 Å². The van der Waals surface area contributed by atoms with Crippen LogP contribution in [0, 0.1) is 0 Å². The van der Waals surface area contributed by atoms with Crippen molar-refractivity contribution in [2.45, 2.75) is 38.9 Å². The zero-order valence-electron chi connectivity index (χ0n) is 15.6. The van der Waals surface area contributed by atoms with Crippen LogP contribution in [-0.2, 0) is 13.1 Å². The van der Waals surface area contributed by atoms with Crippen molar-refractivity contribution in [3.63, 3.8) is 0 Å². The molecule has 0 radical (unpaired) electrons. The summed E-state index contributed by atoms with van der Waals surface area (Å²) in [5.41, 5.74) is 6.61. The molecule has 3 heterocycles. The predicted octanol–water partition coefficient (Wildman–Crippen LogP) is 2.16. The molecule has 2 aromatic heterocycles. The fraction of sp³-hybridized carbons (Fsp3) is 0.474. The average molecular weight is 390 g/mol. The van der Waals surface area contributed by atoms with Crippen LogP contribution in [0.3, 0.4) is 0 Å². The summed E-state index contributed by atoms with van der Waals surface area (Å²) in [6.07, 6.45) is 2.17. The number of rotatable bonds is 7. The lowest BCUT2D eigenvalue weighted by atomic mass is 10.0. The Labute approximate surface area is 163 Å². The van der Waals surface area contributed by atoms with Crippen LogP contribution in [-0.4, -0.2) is 42.4 Å². The van der Waals surface area contributed by atoms with Gasteiger partial charge in [-0.05, 0) is 54.3 Å². The summed E-state index contributed by atoms with van der Waals surface area (Å²) in [4.78, 5) is 18.2.